The summed E-state index contributed by atoms with van der Waals surface area (Å²) in [6.07, 6.45) is 4.31. The fourth-order valence-electron chi connectivity index (χ4n) is 2.01. The van der Waals surface area contributed by atoms with Gasteiger partial charge in [0.25, 0.3) is 0 Å². The third-order valence-electron chi connectivity index (χ3n) is 2.95. The van der Waals surface area contributed by atoms with Crippen molar-refractivity contribution in [3.8, 4) is 0 Å². The number of allylic oxidation sites excluding steroid dienone is 3. The Morgan fingerprint density at radius 2 is 2.06 bits per heavy atom. The average Bonchev–Trinajstić information content (AvgIpc) is 2.40. The molecule has 1 N–H and O–H groups in total. The molecule has 0 saturated heterocycles. The molecule has 0 radical (unpaired) electrons. The van der Waals surface area contributed by atoms with Crippen LogP contribution in [0.2, 0.25) is 0 Å². The third kappa shape index (κ3) is 3.08. The van der Waals surface area contributed by atoms with Crippen LogP contribution in [0, 0.1) is 0 Å². The van der Waals surface area contributed by atoms with E-state index >= 15 is 0 Å². The van der Waals surface area contributed by atoms with Gasteiger partial charge in [0.05, 0.1) is 0 Å². The molecule has 1 aromatic rings. The zero-order valence-electron chi connectivity index (χ0n) is 11.0. The Labute approximate surface area is 114 Å². The molecule has 0 aromatic heterocycles. The van der Waals surface area contributed by atoms with Crippen molar-refractivity contribution >= 4 is 11.8 Å². The molecule has 0 unspecified atom stereocenters. The van der Waals surface area contributed by atoms with Gasteiger partial charge in [0.1, 0.15) is 0 Å². The van der Waals surface area contributed by atoms with Gasteiger partial charge in [-0.05, 0) is 23.0 Å². The molecular weight excluding hydrogens is 238 g/mol. The van der Waals surface area contributed by atoms with Crippen molar-refractivity contribution in [2.45, 2.75) is 19.8 Å². The predicted octanol–water partition coefficient (Wildman–Crippen LogP) is 4.26. The van der Waals surface area contributed by atoms with Crippen LogP contribution in [0.1, 0.15) is 18.9 Å². The van der Waals surface area contributed by atoms with E-state index in [0.717, 1.165) is 18.4 Å². The van der Waals surface area contributed by atoms with Crippen LogP contribution in [-0.4, -0.2) is 7.05 Å². The molecular formula is C16H19NS. The van der Waals surface area contributed by atoms with Crippen molar-refractivity contribution in [3.63, 3.8) is 0 Å². The molecule has 0 atom stereocenters. The topological polar surface area (TPSA) is 12.0 Å². The smallest absolute Gasteiger partial charge is 0.0335 e. The first kappa shape index (κ1) is 13.0. The van der Waals surface area contributed by atoms with E-state index in [4.69, 9.17) is 0 Å². The first-order valence-electron chi connectivity index (χ1n) is 6.18. The Kier molecular flexibility index (Phi) is 4.32. The van der Waals surface area contributed by atoms with E-state index in [1.54, 1.807) is 0 Å². The van der Waals surface area contributed by atoms with Gasteiger partial charge < -0.3 is 5.32 Å². The van der Waals surface area contributed by atoms with E-state index in [2.05, 4.69) is 55.2 Å². The number of benzene rings is 1. The molecule has 0 saturated carbocycles. The molecule has 2 rings (SSSR count). The van der Waals surface area contributed by atoms with Gasteiger partial charge in [-0.25, -0.2) is 0 Å². The minimum absolute atomic E-state index is 0.980. The monoisotopic (exact) mass is 257 g/mol. The van der Waals surface area contributed by atoms with E-state index < -0.39 is 0 Å². The van der Waals surface area contributed by atoms with E-state index in [1.165, 1.54) is 21.1 Å². The molecule has 94 valence electrons. The largest absolute Gasteiger partial charge is 0.390 e. The van der Waals surface area contributed by atoms with E-state index in [9.17, 15) is 0 Å². The maximum absolute atomic E-state index is 4.07. The van der Waals surface area contributed by atoms with Gasteiger partial charge in [-0.3, -0.25) is 0 Å². The Bertz CT molecular complexity index is 497. The highest BCUT2D eigenvalue weighted by Crippen LogP contribution is 2.38. The summed E-state index contributed by atoms with van der Waals surface area (Å²) in [5.74, 6) is 0. The summed E-state index contributed by atoms with van der Waals surface area (Å²) in [6.45, 7) is 6.15. The van der Waals surface area contributed by atoms with Crippen LogP contribution in [0.4, 0.5) is 0 Å². The molecule has 2 heteroatoms. The minimum Gasteiger partial charge on any atom is -0.390 e. The van der Waals surface area contributed by atoms with Crippen LogP contribution in [0.25, 0.3) is 0 Å². The summed E-state index contributed by atoms with van der Waals surface area (Å²) >= 11 is 1.85. The lowest BCUT2D eigenvalue weighted by atomic mass is 10.1. The van der Waals surface area contributed by atoms with Crippen LogP contribution in [0.3, 0.4) is 0 Å². The van der Waals surface area contributed by atoms with Gasteiger partial charge in [-0.2, -0.15) is 0 Å². The average molecular weight is 257 g/mol. The fraction of sp³-hybridized carbons (Fsp3) is 0.250. The van der Waals surface area contributed by atoms with E-state index in [1.807, 2.05) is 18.8 Å². The van der Waals surface area contributed by atoms with Crippen molar-refractivity contribution in [1.82, 2.24) is 5.32 Å². The lowest BCUT2D eigenvalue weighted by Crippen LogP contribution is -2.11. The van der Waals surface area contributed by atoms with Crippen molar-refractivity contribution < 1.29 is 0 Å². The Morgan fingerprint density at radius 3 is 2.67 bits per heavy atom. The summed E-state index contributed by atoms with van der Waals surface area (Å²) in [5.41, 5.74) is 3.79. The van der Waals surface area contributed by atoms with E-state index in [-0.39, 0.29) is 0 Å². The molecule has 1 nitrogen and oxygen atoms in total. The number of thioether (sulfide) groups is 1. The van der Waals surface area contributed by atoms with Gasteiger partial charge in [-0.15, -0.1) is 0 Å². The lowest BCUT2D eigenvalue weighted by molar-refractivity contribution is 0.923. The summed E-state index contributed by atoms with van der Waals surface area (Å²) in [6, 6.07) is 10.6. The standard InChI is InChI=1S/C16H19NS/c1-12(2)16-15(17-3)10-9-14(18-16)11-13-7-5-4-6-8-13/h4-9,17H,1,10-11H2,2-3H3. The van der Waals surface area contributed by atoms with Crippen molar-refractivity contribution in [2.75, 3.05) is 7.05 Å². The SMILES string of the molecule is C=C(C)C1=C(NC)CC=C(Cc2ccccc2)S1. The molecule has 0 fully saturated rings. The molecule has 1 aliphatic heterocycles. The molecule has 18 heavy (non-hydrogen) atoms. The normalized spacial score (nSPS) is 15.3. The van der Waals surface area contributed by atoms with Gasteiger partial charge in [0.2, 0.25) is 0 Å². The molecule has 1 heterocycles. The Hall–Kier alpha value is -1.41. The van der Waals surface area contributed by atoms with Gasteiger partial charge in [-0.1, -0.05) is 54.7 Å². The van der Waals surface area contributed by atoms with Crippen molar-refractivity contribution in [1.29, 1.82) is 0 Å². The number of hydrogen-bond acceptors (Lipinski definition) is 2. The second-order valence-electron chi connectivity index (χ2n) is 4.48. The Balaban J connectivity index is 2.11. The second kappa shape index (κ2) is 5.96. The maximum atomic E-state index is 4.07. The third-order valence-corrected chi connectivity index (χ3v) is 4.32. The quantitative estimate of drug-likeness (QED) is 0.865. The number of nitrogens with one attached hydrogen (secondary N) is 1. The first-order valence-corrected chi connectivity index (χ1v) is 7.00. The summed E-state index contributed by atoms with van der Waals surface area (Å²) in [5, 5.41) is 3.27. The maximum Gasteiger partial charge on any atom is 0.0335 e. The molecule has 0 amide bonds. The molecule has 0 bridgehead atoms. The van der Waals surface area contributed by atoms with Crippen LogP contribution in [-0.2, 0) is 6.42 Å². The predicted molar refractivity (Wildman–Crippen MR) is 81.3 cm³/mol. The molecule has 0 spiro atoms. The highest BCUT2D eigenvalue weighted by molar-refractivity contribution is 8.07. The summed E-state index contributed by atoms with van der Waals surface area (Å²) in [7, 11) is 1.98. The van der Waals surface area contributed by atoms with Crippen LogP contribution >= 0.6 is 11.8 Å². The summed E-state index contributed by atoms with van der Waals surface area (Å²) < 4.78 is 0. The summed E-state index contributed by atoms with van der Waals surface area (Å²) in [4.78, 5) is 2.71. The second-order valence-corrected chi connectivity index (χ2v) is 5.61. The van der Waals surface area contributed by atoms with Gasteiger partial charge >= 0.3 is 0 Å². The number of hydrogen-bond donors (Lipinski definition) is 1. The highest BCUT2D eigenvalue weighted by atomic mass is 32.2. The Morgan fingerprint density at radius 1 is 1.33 bits per heavy atom. The number of rotatable bonds is 4. The van der Waals surface area contributed by atoms with E-state index in [0.29, 0.717) is 0 Å². The zero-order valence-corrected chi connectivity index (χ0v) is 11.8. The molecule has 1 aliphatic rings. The van der Waals surface area contributed by atoms with Crippen molar-refractivity contribution in [3.05, 3.63) is 69.6 Å². The van der Waals surface area contributed by atoms with Crippen LogP contribution in [0.15, 0.2) is 64.1 Å². The zero-order chi connectivity index (χ0) is 13.0. The molecule has 1 aromatic carbocycles. The van der Waals surface area contributed by atoms with Crippen LogP contribution < -0.4 is 5.32 Å². The molecule has 0 aliphatic carbocycles. The fourth-order valence-corrected chi connectivity index (χ4v) is 3.16. The highest BCUT2D eigenvalue weighted by Gasteiger charge is 2.15. The first-order chi connectivity index (χ1) is 8.70. The van der Waals surface area contributed by atoms with Crippen LogP contribution in [0.5, 0.6) is 0 Å². The van der Waals surface area contributed by atoms with Crippen molar-refractivity contribution in [2.24, 2.45) is 0 Å². The lowest BCUT2D eigenvalue weighted by Gasteiger charge is -2.20. The minimum atomic E-state index is 0.980. The van der Waals surface area contributed by atoms with Gasteiger partial charge in [0.15, 0.2) is 0 Å². The van der Waals surface area contributed by atoms with Gasteiger partial charge in [0, 0.05) is 30.5 Å².